The molecular formula is C18H23NO3. The maximum atomic E-state index is 12.2. The molecule has 0 aliphatic heterocycles. The lowest BCUT2D eigenvalue weighted by Gasteiger charge is -2.53. The highest BCUT2D eigenvalue weighted by molar-refractivity contribution is 5.94. The minimum atomic E-state index is -0.674. The van der Waals surface area contributed by atoms with Crippen LogP contribution in [0.2, 0.25) is 0 Å². The molecule has 0 spiro atoms. The SMILES string of the molecule is O=C(O)CC12CCC(CNC(=O)c3ccccc3)(CC1)CC2. The predicted molar refractivity (Wildman–Crippen MR) is 83.6 cm³/mol. The smallest absolute Gasteiger partial charge is 0.303 e. The van der Waals surface area contributed by atoms with Crippen molar-refractivity contribution < 1.29 is 14.7 Å². The first kappa shape index (κ1) is 15.1. The second kappa shape index (κ2) is 5.75. The topological polar surface area (TPSA) is 66.4 Å². The highest BCUT2D eigenvalue weighted by Crippen LogP contribution is 2.58. The van der Waals surface area contributed by atoms with Crippen molar-refractivity contribution in [3.05, 3.63) is 35.9 Å². The number of nitrogens with one attached hydrogen (secondary N) is 1. The molecule has 4 rings (SSSR count). The van der Waals surface area contributed by atoms with Gasteiger partial charge >= 0.3 is 5.97 Å². The van der Waals surface area contributed by atoms with E-state index in [1.807, 2.05) is 30.3 Å². The fraction of sp³-hybridized carbons (Fsp3) is 0.556. The van der Waals surface area contributed by atoms with Gasteiger partial charge in [0.15, 0.2) is 0 Å². The first-order chi connectivity index (χ1) is 10.5. The molecule has 0 unspecified atom stereocenters. The molecule has 3 fully saturated rings. The van der Waals surface area contributed by atoms with Crippen molar-refractivity contribution in [1.29, 1.82) is 0 Å². The molecule has 2 bridgehead atoms. The zero-order chi connectivity index (χ0) is 15.6. The van der Waals surface area contributed by atoms with Crippen LogP contribution in [0.25, 0.3) is 0 Å². The first-order valence-electron chi connectivity index (χ1n) is 8.08. The number of carbonyl (C=O) groups is 2. The van der Waals surface area contributed by atoms with E-state index in [0.29, 0.717) is 18.5 Å². The number of amides is 1. The quantitative estimate of drug-likeness (QED) is 0.877. The molecule has 0 saturated heterocycles. The van der Waals surface area contributed by atoms with E-state index in [9.17, 15) is 9.59 Å². The minimum Gasteiger partial charge on any atom is -0.481 e. The Labute approximate surface area is 130 Å². The Hall–Kier alpha value is -1.84. The summed E-state index contributed by atoms with van der Waals surface area (Å²) in [6.07, 6.45) is 6.38. The number of aliphatic carboxylic acids is 1. The van der Waals surface area contributed by atoms with Crippen molar-refractivity contribution in [2.24, 2.45) is 10.8 Å². The fourth-order valence-corrected chi connectivity index (χ4v) is 4.15. The Morgan fingerprint density at radius 3 is 2.05 bits per heavy atom. The predicted octanol–water partition coefficient (Wildman–Crippen LogP) is 3.23. The first-order valence-corrected chi connectivity index (χ1v) is 8.08. The maximum Gasteiger partial charge on any atom is 0.303 e. The van der Waals surface area contributed by atoms with Crippen molar-refractivity contribution in [3.8, 4) is 0 Å². The number of hydrogen-bond acceptors (Lipinski definition) is 2. The Bertz CT molecular complexity index is 542. The van der Waals surface area contributed by atoms with Crippen LogP contribution >= 0.6 is 0 Å². The maximum absolute atomic E-state index is 12.2. The number of fused-ring (bicyclic) bond motifs is 3. The largest absolute Gasteiger partial charge is 0.481 e. The second-order valence-electron chi connectivity index (χ2n) is 7.12. The van der Waals surface area contributed by atoms with Gasteiger partial charge in [-0.3, -0.25) is 9.59 Å². The van der Waals surface area contributed by atoms with Crippen LogP contribution in [0.1, 0.15) is 55.3 Å². The van der Waals surface area contributed by atoms with Crippen LogP contribution in [0.3, 0.4) is 0 Å². The molecule has 22 heavy (non-hydrogen) atoms. The number of hydrogen-bond donors (Lipinski definition) is 2. The van der Waals surface area contributed by atoms with Crippen molar-refractivity contribution >= 4 is 11.9 Å². The molecule has 0 heterocycles. The van der Waals surface area contributed by atoms with E-state index in [1.54, 1.807) is 0 Å². The van der Waals surface area contributed by atoms with Gasteiger partial charge in [0.1, 0.15) is 0 Å². The van der Waals surface area contributed by atoms with Gasteiger partial charge in [0.25, 0.3) is 5.91 Å². The molecular weight excluding hydrogens is 278 g/mol. The van der Waals surface area contributed by atoms with Gasteiger partial charge in [-0.15, -0.1) is 0 Å². The minimum absolute atomic E-state index is 0.0112. The number of carbonyl (C=O) groups excluding carboxylic acids is 1. The van der Waals surface area contributed by atoms with Crippen LogP contribution in [0.15, 0.2) is 30.3 Å². The molecule has 4 heteroatoms. The van der Waals surface area contributed by atoms with E-state index < -0.39 is 5.97 Å². The van der Waals surface area contributed by atoms with Crippen molar-refractivity contribution in [2.75, 3.05) is 6.54 Å². The Kier molecular flexibility index (Phi) is 3.94. The van der Waals surface area contributed by atoms with Crippen molar-refractivity contribution in [2.45, 2.75) is 44.9 Å². The summed E-state index contributed by atoms with van der Waals surface area (Å²) in [7, 11) is 0. The van der Waals surface area contributed by atoms with Crippen LogP contribution < -0.4 is 5.32 Å². The molecule has 3 aliphatic carbocycles. The lowest BCUT2D eigenvalue weighted by molar-refractivity contribution is -0.143. The molecule has 0 radical (unpaired) electrons. The molecule has 0 atom stereocenters. The lowest BCUT2D eigenvalue weighted by atomic mass is 9.53. The molecule has 4 nitrogen and oxygen atoms in total. The van der Waals surface area contributed by atoms with Crippen molar-refractivity contribution in [3.63, 3.8) is 0 Å². The fourth-order valence-electron chi connectivity index (χ4n) is 4.15. The monoisotopic (exact) mass is 301 g/mol. The van der Waals surface area contributed by atoms with Crippen LogP contribution in [-0.4, -0.2) is 23.5 Å². The summed E-state index contributed by atoms with van der Waals surface area (Å²) >= 11 is 0. The molecule has 118 valence electrons. The standard InChI is InChI=1S/C18H23NO3/c20-15(21)12-17-6-9-18(10-7-17,11-8-17)13-19-16(22)14-4-2-1-3-5-14/h1-5H,6-13H2,(H,19,22)(H,20,21). The van der Waals surface area contributed by atoms with Gasteiger partial charge in [-0.1, -0.05) is 18.2 Å². The van der Waals surface area contributed by atoms with Gasteiger partial charge in [-0.25, -0.2) is 0 Å². The number of carboxylic acid groups (broad SMARTS) is 1. The third kappa shape index (κ3) is 3.01. The van der Waals surface area contributed by atoms with E-state index >= 15 is 0 Å². The van der Waals surface area contributed by atoms with Gasteiger partial charge in [0.2, 0.25) is 0 Å². The highest BCUT2D eigenvalue weighted by Gasteiger charge is 2.49. The molecule has 3 aliphatic rings. The average Bonchev–Trinajstić information content (AvgIpc) is 2.54. The third-order valence-corrected chi connectivity index (χ3v) is 5.74. The van der Waals surface area contributed by atoms with E-state index in [2.05, 4.69) is 5.32 Å². The van der Waals surface area contributed by atoms with E-state index in [4.69, 9.17) is 5.11 Å². The molecule has 1 amide bonds. The lowest BCUT2D eigenvalue weighted by Crippen LogP contribution is -2.48. The number of carboxylic acids is 1. The Morgan fingerprint density at radius 1 is 0.955 bits per heavy atom. The van der Waals surface area contributed by atoms with Gasteiger partial charge in [-0.2, -0.15) is 0 Å². The van der Waals surface area contributed by atoms with Gasteiger partial charge < -0.3 is 10.4 Å². The molecule has 0 aromatic heterocycles. The second-order valence-corrected chi connectivity index (χ2v) is 7.12. The third-order valence-electron chi connectivity index (χ3n) is 5.74. The molecule has 1 aromatic rings. The van der Waals surface area contributed by atoms with Crippen molar-refractivity contribution in [1.82, 2.24) is 5.32 Å². The summed E-state index contributed by atoms with van der Waals surface area (Å²) in [4.78, 5) is 23.2. The summed E-state index contributed by atoms with van der Waals surface area (Å²) in [5, 5.41) is 12.2. The average molecular weight is 301 g/mol. The highest BCUT2D eigenvalue weighted by atomic mass is 16.4. The van der Waals surface area contributed by atoms with Crippen LogP contribution in [0.5, 0.6) is 0 Å². The normalized spacial score (nSPS) is 30.0. The molecule has 2 N–H and O–H groups in total. The van der Waals surface area contributed by atoms with Gasteiger partial charge in [0, 0.05) is 12.1 Å². The molecule has 1 aromatic carbocycles. The Balaban J connectivity index is 1.57. The van der Waals surface area contributed by atoms with Gasteiger partial charge in [-0.05, 0) is 61.5 Å². The number of benzene rings is 1. The van der Waals surface area contributed by atoms with Gasteiger partial charge in [0.05, 0.1) is 6.42 Å². The van der Waals surface area contributed by atoms with Crippen LogP contribution in [0, 0.1) is 10.8 Å². The zero-order valence-corrected chi connectivity index (χ0v) is 12.8. The van der Waals surface area contributed by atoms with E-state index in [0.717, 1.165) is 38.5 Å². The van der Waals surface area contributed by atoms with Crippen LogP contribution in [-0.2, 0) is 4.79 Å². The van der Waals surface area contributed by atoms with E-state index in [1.165, 1.54) is 0 Å². The molecule has 3 saturated carbocycles. The summed E-state index contributed by atoms with van der Waals surface area (Å²) in [5.74, 6) is -0.685. The summed E-state index contributed by atoms with van der Waals surface area (Å²) in [6, 6.07) is 9.29. The Morgan fingerprint density at radius 2 is 1.50 bits per heavy atom. The summed E-state index contributed by atoms with van der Waals surface area (Å²) < 4.78 is 0. The number of rotatable bonds is 5. The summed E-state index contributed by atoms with van der Waals surface area (Å²) in [6.45, 7) is 0.712. The zero-order valence-electron chi connectivity index (χ0n) is 12.8. The van der Waals surface area contributed by atoms with Crippen LogP contribution in [0.4, 0.5) is 0 Å². The summed E-state index contributed by atoms with van der Waals surface area (Å²) in [5.41, 5.74) is 0.910. The van der Waals surface area contributed by atoms with E-state index in [-0.39, 0.29) is 16.7 Å².